The van der Waals surface area contributed by atoms with Crippen LogP contribution >= 0.6 is 0 Å². The smallest absolute Gasteiger partial charge is 0.168 e. The number of pyridine rings is 1. The second kappa shape index (κ2) is 3.59. The Bertz CT molecular complexity index is 462. The molecule has 2 aromatic rings. The lowest BCUT2D eigenvalue weighted by Gasteiger charge is -2.00. The normalized spacial score (nSPS) is 10.6. The molecule has 0 spiro atoms. The number of imidazole rings is 1. The molecule has 0 radical (unpaired) electrons. The summed E-state index contributed by atoms with van der Waals surface area (Å²) in [7, 11) is 1.65. The van der Waals surface area contributed by atoms with Gasteiger partial charge in [-0.15, -0.1) is 0 Å². The highest BCUT2D eigenvalue weighted by Gasteiger charge is 2.02. The number of fused-ring (bicyclic) bond motifs is 1. The van der Waals surface area contributed by atoms with Gasteiger partial charge in [0.25, 0.3) is 0 Å². The van der Waals surface area contributed by atoms with Crippen molar-refractivity contribution in [1.29, 1.82) is 0 Å². The summed E-state index contributed by atoms with van der Waals surface area (Å²) >= 11 is 0. The molecule has 4 nitrogen and oxygen atoms in total. The Morgan fingerprint density at radius 2 is 2.50 bits per heavy atom. The van der Waals surface area contributed by atoms with Crippen LogP contribution in [0.4, 0.5) is 0 Å². The molecule has 2 heterocycles. The number of aldehydes is 1. The molecular formula is C10H10N2O2. The second-order valence-corrected chi connectivity index (χ2v) is 3.00. The molecular weight excluding hydrogens is 180 g/mol. The van der Waals surface area contributed by atoms with Crippen LogP contribution in [0, 0.1) is 0 Å². The summed E-state index contributed by atoms with van der Waals surface area (Å²) in [6.45, 7) is 0.555. The average molecular weight is 190 g/mol. The molecule has 0 aliphatic rings. The maximum Gasteiger partial charge on any atom is 0.168 e. The monoisotopic (exact) mass is 190 g/mol. The van der Waals surface area contributed by atoms with E-state index in [1.165, 1.54) is 0 Å². The summed E-state index contributed by atoms with van der Waals surface area (Å²) in [5, 5.41) is 0. The van der Waals surface area contributed by atoms with E-state index in [2.05, 4.69) is 4.98 Å². The molecule has 0 unspecified atom stereocenters. The van der Waals surface area contributed by atoms with E-state index in [1.807, 2.05) is 18.3 Å². The third-order valence-corrected chi connectivity index (χ3v) is 2.04. The SMILES string of the molecule is COCc1ccn2c(C=O)cnc2c1. The molecule has 0 aliphatic heterocycles. The summed E-state index contributed by atoms with van der Waals surface area (Å²) in [6, 6.07) is 3.81. The van der Waals surface area contributed by atoms with E-state index in [0.29, 0.717) is 12.3 Å². The summed E-state index contributed by atoms with van der Waals surface area (Å²) in [6.07, 6.45) is 4.16. The predicted octanol–water partition coefficient (Wildman–Crippen LogP) is 1.29. The fraction of sp³-hybridized carbons (Fsp3) is 0.200. The highest BCUT2D eigenvalue weighted by molar-refractivity contribution is 5.73. The van der Waals surface area contributed by atoms with Crippen LogP contribution in [0.2, 0.25) is 0 Å². The maximum atomic E-state index is 10.6. The van der Waals surface area contributed by atoms with Crippen molar-refractivity contribution in [3.8, 4) is 0 Å². The van der Waals surface area contributed by atoms with E-state index in [9.17, 15) is 4.79 Å². The van der Waals surface area contributed by atoms with Crippen molar-refractivity contribution in [1.82, 2.24) is 9.38 Å². The summed E-state index contributed by atoms with van der Waals surface area (Å²) < 4.78 is 6.75. The summed E-state index contributed by atoms with van der Waals surface area (Å²) in [4.78, 5) is 14.7. The highest BCUT2D eigenvalue weighted by atomic mass is 16.5. The van der Waals surface area contributed by atoms with Crippen molar-refractivity contribution >= 4 is 11.9 Å². The molecule has 0 bridgehead atoms. The molecule has 0 saturated heterocycles. The van der Waals surface area contributed by atoms with E-state index >= 15 is 0 Å². The quantitative estimate of drug-likeness (QED) is 0.685. The fourth-order valence-corrected chi connectivity index (χ4v) is 1.39. The van der Waals surface area contributed by atoms with Gasteiger partial charge in [-0.2, -0.15) is 0 Å². The number of carbonyl (C=O) groups excluding carboxylic acids is 1. The van der Waals surface area contributed by atoms with E-state index in [0.717, 1.165) is 17.5 Å². The molecule has 0 atom stereocenters. The van der Waals surface area contributed by atoms with Gasteiger partial charge in [-0.05, 0) is 17.7 Å². The molecule has 72 valence electrons. The Morgan fingerprint density at radius 1 is 1.64 bits per heavy atom. The Hall–Kier alpha value is -1.68. The van der Waals surface area contributed by atoms with Gasteiger partial charge in [-0.1, -0.05) is 0 Å². The molecule has 0 saturated carbocycles. The van der Waals surface area contributed by atoms with E-state index in [-0.39, 0.29) is 0 Å². The Kier molecular flexibility index (Phi) is 2.28. The van der Waals surface area contributed by atoms with Gasteiger partial charge in [0, 0.05) is 13.3 Å². The van der Waals surface area contributed by atoms with Crippen LogP contribution < -0.4 is 0 Å². The van der Waals surface area contributed by atoms with Gasteiger partial charge in [0.2, 0.25) is 0 Å². The van der Waals surface area contributed by atoms with Gasteiger partial charge < -0.3 is 4.74 Å². The third kappa shape index (κ3) is 1.40. The van der Waals surface area contributed by atoms with Crippen molar-refractivity contribution in [2.75, 3.05) is 7.11 Å². The van der Waals surface area contributed by atoms with Crippen LogP contribution in [0.1, 0.15) is 16.1 Å². The molecule has 0 N–H and O–H groups in total. The van der Waals surface area contributed by atoms with Crippen molar-refractivity contribution in [2.45, 2.75) is 6.61 Å². The van der Waals surface area contributed by atoms with Crippen LogP contribution in [0.3, 0.4) is 0 Å². The highest BCUT2D eigenvalue weighted by Crippen LogP contribution is 2.08. The molecule has 14 heavy (non-hydrogen) atoms. The molecule has 0 amide bonds. The predicted molar refractivity (Wildman–Crippen MR) is 51.3 cm³/mol. The molecule has 4 heteroatoms. The molecule has 0 aromatic carbocycles. The van der Waals surface area contributed by atoms with Crippen LogP contribution in [-0.4, -0.2) is 22.8 Å². The van der Waals surface area contributed by atoms with Gasteiger partial charge in [0.15, 0.2) is 6.29 Å². The first kappa shape index (κ1) is 8.90. The zero-order chi connectivity index (χ0) is 9.97. The first-order valence-corrected chi connectivity index (χ1v) is 4.25. The van der Waals surface area contributed by atoms with Crippen molar-refractivity contribution in [2.24, 2.45) is 0 Å². The minimum absolute atomic E-state index is 0.555. The topological polar surface area (TPSA) is 43.6 Å². The Morgan fingerprint density at radius 3 is 3.21 bits per heavy atom. The number of hydrogen-bond acceptors (Lipinski definition) is 3. The minimum atomic E-state index is 0.555. The number of hydrogen-bond donors (Lipinski definition) is 0. The van der Waals surface area contributed by atoms with E-state index < -0.39 is 0 Å². The van der Waals surface area contributed by atoms with Gasteiger partial charge >= 0.3 is 0 Å². The van der Waals surface area contributed by atoms with Crippen LogP contribution in [0.15, 0.2) is 24.5 Å². The van der Waals surface area contributed by atoms with Gasteiger partial charge in [0.05, 0.1) is 12.8 Å². The van der Waals surface area contributed by atoms with Crippen molar-refractivity contribution < 1.29 is 9.53 Å². The van der Waals surface area contributed by atoms with Gasteiger partial charge in [-0.3, -0.25) is 9.20 Å². The zero-order valence-corrected chi connectivity index (χ0v) is 7.80. The van der Waals surface area contributed by atoms with Crippen molar-refractivity contribution in [3.63, 3.8) is 0 Å². The number of nitrogens with zero attached hydrogens (tertiary/aromatic N) is 2. The van der Waals surface area contributed by atoms with Crippen LogP contribution in [-0.2, 0) is 11.3 Å². The number of rotatable bonds is 3. The number of ether oxygens (including phenoxy) is 1. The van der Waals surface area contributed by atoms with Gasteiger partial charge in [0.1, 0.15) is 11.3 Å². The van der Waals surface area contributed by atoms with Crippen molar-refractivity contribution in [3.05, 3.63) is 35.8 Å². The molecule has 2 aromatic heterocycles. The summed E-state index contributed by atoms with van der Waals surface area (Å²) in [5.41, 5.74) is 2.37. The minimum Gasteiger partial charge on any atom is -0.380 e. The lowest BCUT2D eigenvalue weighted by molar-refractivity contribution is 0.111. The van der Waals surface area contributed by atoms with Crippen LogP contribution in [0.25, 0.3) is 5.65 Å². The van der Waals surface area contributed by atoms with E-state index in [4.69, 9.17) is 4.74 Å². The van der Waals surface area contributed by atoms with Gasteiger partial charge in [-0.25, -0.2) is 4.98 Å². The first-order valence-electron chi connectivity index (χ1n) is 4.25. The largest absolute Gasteiger partial charge is 0.380 e. The average Bonchev–Trinajstić information content (AvgIpc) is 2.60. The summed E-state index contributed by atoms with van der Waals surface area (Å²) in [5.74, 6) is 0. The third-order valence-electron chi connectivity index (χ3n) is 2.04. The fourth-order valence-electron chi connectivity index (χ4n) is 1.39. The maximum absolute atomic E-state index is 10.6. The Labute approximate surface area is 81.1 Å². The number of carbonyl (C=O) groups is 1. The first-order chi connectivity index (χ1) is 6.85. The number of methoxy groups -OCH3 is 1. The molecule has 0 aliphatic carbocycles. The van der Waals surface area contributed by atoms with E-state index in [1.54, 1.807) is 17.7 Å². The zero-order valence-electron chi connectivity index (χ0n) is 7.80. The standard InChI is InChI=1S/C10H10N2O2/c1-14-7-8-2-3-12-9(6-13)5-11-10(12)4-8/h2-6H,7H2,1H3. The Balaban J connectivity index is 2.51. The molecule has 0 fully saturated rings. The van der Waals surface area contributed by atoms with Crippen LogP contribution in [0.5, 0.6) is 0 Å². The number of aromatic nitrogens is 2. The lowest BCUT2D eigenvalue weighted by Crippen LogP contribution is -1.93. The second-order valence-electron chi connectivity index (χ2n) is 3.00. The lowest BCUT2D eigenvalue weighted by atomic mass is 10.3. The molecule has 2 rings (SSSR count).